The van der Waals surface area contributed by atoms with Crippen molar-refractivity contribution in [3.05, 3.63) is 47.5 Å². The molecular formula is C18H23NO. The number of hydrogen-bond donors (Lipinski definition) is 1. The van der Waals surface area contributed by atoms with Gasteiger partial charge in [0.2, 0.25) is 0 Å². The maximum absolute atomic E-state index is 5.45. The fraction of sp³-hybridized carbons (Fsp3) is 0.333. The smallest absolute Gasteiger partial charge is 0.126 e. The normalized spacial score (nSPS) is 11.8. The van der Waals surface area contributed by atoms with Gasteiger partial charge in [-0.25, -0.2) is 0 Å². The lowest BCUT2D eigenvalue weighted by Gasteiger charge is -2.10. The predicted molar refractivity (Wildman–Crippen MR) is 87.3 cm³/mol. The molecule has 2 nitrogen and oxygen atoms in total. The average molecular weight is 269 g/mol. The van der Waals surface area contributed by atoms with Gasteiger partial charge in [-0.1, -0.05) is 55.8 Å². The van der Waals surface area contributed by atoms with Crippen LogP contribution in [0, 0.1) is 0 Å². The Hall–Kier alpha value is -1.80. The number of rotatable bonds is 6. The van der Waals surface area contributed by atoms with E-state index in [4.69, 9.17) is 4.74 Å². The molecule has 0 aliphatic heterocycles. The van der Waals surface area contributed by atoms with Crippen LogP contribution in [-0.4, -0.2) is 20.2 Å². The van der Waals surface area contributed by atoms with E-state index in [0.717, 1.165) is 25.3 Å². The molecule has 0 spiro atoms. The first-order valence-electron chi connectivity index (χ1n) is 7.26. The van der Waals surface area contributed by atoms with E-state index in [-0.39, 0.29) is 0 Å². The van der Waals surface area contributed by atoms with Crippen molar-refractivity contribution in [2.24, 2.45) is 0 Å². The Bertz CT molecular complexity index is 601. The summed E-state index contributed by atoms with van der Waals surface area (Å²) in [6.07, 6.45) is 3.36. The van der Waals surface area contributed by atoms with Crippen molar-refractivity contribution in [2.45, 2.75) is 20.3 Å². The van der Waals surface area contributed by atoms with Gasteiger partial charge in [-0.2, -0.15) is 0 Å². The molecule has 0 aromatic heterocycles. The van der Waals surface area contributed by atoms with Crippen LogP contribution in [0.25, 0.3) is 16.8 Å². The zero-order valence-corrected chi connectivity index (χ0v) is 12.6. The number of likely N-dealkylation sites (N-methyl/N-ethyl adjacent to an activating group) is 1. The number of fused-ring (bicyclic) bond motifs is 1. The molecule has 2 rings (SSSR count). The summed E-state index contributed by atoms with van der Waals surface area (Å²) in [5, 5.41) is 5.81. The van der Waals surface area contributed by atoms with Gasteiger partial charge in [0.05, 0.1) is 7.11 Å². The Morgan fingerprint density at radius 1 is 1.10 bits per heavy atom. The van der Waals surface area contributed by atoms with Crippen molar-refractivity contribution >= 4 is 16.8 Å². The van der Waals surface area contributed by atoms with Crippen LogP contribution in [0.5, 0.6) is 5.75 Å². The molecule has 20 heavy (non-hydrogen) atoms. The Kier molecular flexibility index (Phi) is 5.19. The van der Waals surface area contributed by atoms with Crippen LogP contribution < -0.4 is 10.1 Å². The first kappa shape index (κ1) is 14.6. The van der Waals surface area contributed by atoms with Gasteiger partial charge in [-0.05, 0) is 30.0 Å². The summed E-state index contributed by atoms with van der Waals surface area (Å²) in [4.78, 5) is 0. The second-order valence-electron chi connectivity index (χ2n) is 4.84. The first-order valence-corrected chi connectivity index (χ1v) is 7.26. The van der Waals surface area contributed by atoms with Crippen LogP contribution in [0.15, 0.2) is 42.0 Å². The molecule has 2 aromatic rings. The lowest BCUT2D eigenvalue weighted by molar-refractivity contribution is 0.420. The highest BCUT2D eigenvalue weighted by molar-refractivity contribution is 5.95. The number of ether oxygens (including phenoxy) is 1. The van der Waals surface area contributed by atoms with Crippen molar-refractivity contribution in [3.63, 3.8) is 0 Å². The van der Waals surface area contributed by atoms with E-state index in [1.807, 2.05) is 0 Å². The van der Waals surface area contributed by atoms with Gasteiger partial charge in [-0.3, -0.25) is 0 Å². The molecule has 2 heteroatoms. The third kappa shape index (κ3) is 3.20. The zero-order chi connectivity index (χ0) is 14.4. The molecule has 1 N–H and O–H groups in total. The van der Waals surface area contributed by atoms with Crippen molar-refractivity contribution in [1.82, 2.24) is 5.32 Å². The van der Waals surface area contributed by atoms with Crippen LogP contribution in [-0.2, 0) is 0 Å². The standard InChI is InChI=1S/C18H23NO/c1-4-14(13-19-5-2)12-15-10-11-18(20-3)17-9-7-6-8-16(15)17/h6-12,19H,4-5,13H2,1-3H3/b14-12+. The maximum atomic E-state index is 5.45. The summed E-state index contributed by atoms with van der Waals surface area (Å²) in [6.45, 7) is 6.29. The summed E-state index contributed by atoms with van der Waals surface area (Å²) in [7, 11) is 1.72. The molecule has 0 aliphatic rings. The zero-order valence-electron chi connectivity index (χ0n) is 12.6. The van der Waals surface area contributed by atoms with E-state index in [1.54, 1.807) is 7.11 Å². The van der Waals surface area contributed by atoms with Crippen molar-refractivity contribution in [3.8, 4) is 5.75 Å². The fourth-order valence-corrected chi connectivity index (χ4v) is 2.38. The van der Waals surface area contributed by atoms with Gasteiger partial charge >= 0.3 is 0 Å². The van der Waals surface area contributed by atoms with Crippen molar-refractivity contribution in [2.75, 3.05) is 20.2 Å². The minimum atomic E-state index is 0.933. The fourth-order valence-electron chi connectivity index (χ4n) is 2.38. The summed E-state index contributed by atoms with van der Waals surface area (Å²) >= 11 is 0. The van der Waals surface area contributed by atoms with E-state index >= 15 is 0 Å². The molecule has 0 amide bonds. The topological polar surface area (TPSA) is 21.3 Å². The lowest BCUT2D eigenvalue weighted by Crippen LogP contribution is -2.15. The first-order chi connectivity index (χ1) is 9.80. The molecule has 0 radical (unpaired) electrons. The van der Waals surface area contributed by atoms with E-state index in [9.17, 15) is 0 Å². The monoisotopic (exact) mass is 269 g/mol. The number of hydrogen-bond acceptors (Lipinski definition) is 2. The SMILES string of the molecule is CCNC/C(=C/c1ccc(OC)c2ccccc12)CC. The molecule has 0 unspecified atom stereocenters. The molecule has 0 fully saturated rings. The summed E-state index contributed by atoms with van der Waals surface area (Å²) in [5.41, 5.74) is 2.68. The molecule has 0 atom stereocenters. The Labute approximate surface area is 121 Å². The summed E-state index contributed by atoms with van der Waals surface area (Å²) in [5.74, 6) is 0.933. The lowest BCUT2D eigenvalue weighted by atomic mass is 10.0. The Morgan fingerprint density at radius 3 is 2.50 bits per heavy atom. The number of benzene rings is 2. The van der Waals surface area contributed by atoms with Gasteiger partial charge in [0.25, 0.3) is 0 Å². The molecule has 106 valence electrons. The Morgan fingerprint density at radius 2 is 1.85 bits per heavy atom. The van der Waals surface area contributed by atoms with Crippen LogP contribution in [0.2, 0.25) is 0 Å². The second-order valence-corrected chi connectivity index (χ2v) is 4.84. The summed E-state index contributed by atoms with van der Waals surface area (Å²) < 4.78 is 5.45. The minimum absolute atomic E-state index is 0.933. The largest absolute Gasteiger partial charge is 0.496 e. The van der Waals surface area contributed by atoms with Crippen LogP contribution >= 0.6 is 0 Å². The molecule has 0 saturated heterocycles. The van der Waals surface area contributed by atoms with Crippen LogP contribution in [0.3, 0.4) is 0 Å². The molecule has 0 bridgehead atoms. The van der Waals surface area contributed by atoms with Crippen LogP contribution in [0.1, 0.15) is 25.8 Å². The van der Waals surface area contributed by atoms with Crippen molar-refractivity contribution < 1.29 is 4.74 Å². The van der Waals surface area contributed by atoms with Gasteiger partial charge in [-0.15, -0.1) is 0 Å². The molecule has 0 saturated carbocycles. The highest BCUT2D eigenvalue weighted by atomic mass is 16.5. The third-order valence-corrected chi connectivity index (χ3v) is 3.55. The highest BCUT2D eigenvalue weighted by Crippen LogP contribution is 2.29. The van der Waals surface area contributed by atoms with Crippen molar-refractivity contribution in [1.29, 1.82) is 0 Å². The second kappa shape index (κ2) is 7.11. The average Bonchev–Trinajstić information content (AvgIpc) is 2.51. The van der Waals surface area contributed by atoms with Gasteiger partial charge < -0.3 is 10.1 Å². The molecule has 2 aromatic carbocycles. The number of nitrogens with one attached hydrogen (secondary N) is 1. The molecule has 0 aliphatic carbocycles. The quantitative estimate of drug-likeness (QED) is 0.846. The van der Waals surface area contributed by atoms with E-state index < -0.39 is 0 Å². The molecule has 0 heterocycles. The van der Waals surface area contributed by atoms with Gasteiger partial charge in [0.15, 0.2) is 0 Å². The van der Waals surface area contributed by atoms with E-state index in [1.165, 1.54) is 21.9 Å². The number of methoxy groups -OCH3 is 1. The molecular weight excluding hydrogens is 246 g/mol. The minimum Gasteiger partial charge on any atom is -0.496 e. The van der Waals surface area contributed by atoms with Crippen LogP contribution in [0.4, 0.5) is 0 Å². The summed E-state index contributed by atoms with van der Waals surface area (Å²) in [6, 6.07) is 12.6. The highest BCUT2D eigenvalue weighted by Gasteiger charge is 2.05. The third-order valence-electron chi connectivity index (χ3n) is 3.55. The predicted octanol–water partition coefficient (Wildman–Crippen LogP) is 4.25. The van der Waals surface area contributed by atoms with Gasteiger partial charge in [0, 0.05) is 11.9 Å². The maximum Gasteiger partial charge on any atom is 0.126 e. The van der Waals surface area contributed by atoms with Gasteiger partial charge in [0.1, 0.15) is 5.75 Å². The van der Waals surface area contributed by atoms with E-state index in [2.05, 4.69) is 61.6 Å². The van der Waals surface area contributed by atoms with E-state index in [0.29, 0.717) is 0 Å². The Balaban J connectivity index is 2.46.